The lowest BCUT2D eigenvalue weighted by Gasteiger charge is -2.31. The van der Waals surface area contributed by atoms with Crippen molar-refractivity contribution >= 4 is 45.8 Å². The minimum atomic E-state index is -0.503. The first-order valence-corrected chi connectivity index (χ1v) is 16.0. The highest BCUT2D eigenvalue weighted by atomic mass is 16.5. The van der Waals surface area contributed by atoms with E-state index in [9.17, 15) is 9.59 Å². The van der Waals surface area contributed by atoms with Gasteiger partial charge in [-0.25, -0.2) is 14.8 Å². The van der Waals surface area contributed by atoms with Crippen LogP contribution in [0.2, 0.25) is 0 Å². The smallest absolute Gasteiger partial charge is 0.342 e. The van der Waals surface area contributed by atoms with Crippen molar-refractivity contribution in [3.63, 3.8) is 0 Å². The summed E-state index contributed by atoms with van der Waals surface area (Å²) in [5.74, 6) is 1.34. The van der Waals surface area contributed by atoms with Gasteiger partial charge in [0.15, 0.2) is 0 Å². The number of aryl methyl sites for hydroxylation is 1. The number of rotatable bonds is 10. The number of ether oxygens (including phenoxy) is 2. The van der Waals surface area contributed by atoms with Crippen LogP contribution >= 0.6 is 0 Å². The molecular formula is C36H43N7O4. The van der Waals surface area contributed by atoms with Crippen molar-refractivity contribution in [3.05, 3.63) is 67.0 Å². The molecule has 246 valence electrons. The van der Waals surface area contributed by atoms with Gasteiger partial charge >= 0.3 is 5.97 Å². The Hall–Kier alpha value is -4.90. The summed E-state index contributed by atoms with van der Waals surface area (Å²) in [6.07, 6.45) is 6.58. The van der Waals surface area contributed by atoms with Gasteiger partial charge in [0.2, 0.25) is 11.9 Å². The predicted molar refractivity (Wildman–Crippen MR) is 186 cm³/mol. The van der Waals surface area contributed by atoms with Gasteiger partial charge in [-0.1, -0.05) is 24.8 Å². The molecule has 1 aliphatic heterocycles. The van der Waals surface area contributed by atoms with Gasteiger partial charge in [0, 0.05) is 68.2 Å². The Kier molecular flexibility index (Phi) is 8.92. The number of anilines is 4. The molecule has 1 saturated carbocycles. The summed E-state index contributed by atoms with van der Waals surface area (Å²) < 4.78 is 13.4. The number of amides is 1. The molecule has 0 radical (unpaired) electrons. The lowest BCUT2D eigenvalue weighted by atomic mass is 10.0. The molecule has 2 fully saturated rings. The van der Waals surface area contributed by atoms with Crippen LogP contribution in [0.4, 0.5) is 23.0 Å². The molecule has 11 heteroatoms. The summed E-state index contributed by atoms with van der Waals surface area (Å²) in [5.41, 5.74) is 4.50. The molecule has 0 spiro atoms. The van der Waals surface area contributed by atoms with Crippen molar-refractivity contribution < 1.29 is 19.1 Å². The zero-order chi connectivity index (χ0) is 33.4. The van der Waals surface area contributed by atoms with Crippen molar-refractivity contribution in [3.8, 4) is 17.0 Å². The Bertz CT molecular complexity index is 1820. The van der Waals surface area contributed by atoms with Crippen LogP contribution in [0.5, 0.6) is 5.75 Å². The zero-order valence-corrected chi connectivity index (χ0v) is 27.9. The van der Waals surface area contributed by atoms with E-state index in [0.717, 1.165) is 48.1 Å². The van der Waals surface area contributed by atoms with E-state index in [-0.39, 0.29) is 23.5 Å². The van der Waals surface area contributed by atoms with Gasteiger partial charge in [-0.15, -0.1) is 0 Å². The minimum Gasteiger partial charge on any atom is -0.494 e. The Morgan fingerprint density at radius 1 is 1.11 bits per heavy atom. The SMILES string of the molecule is C=CC(=O)Nc1cc(Nc2ncc(C(=O)OC(C)C)c(-c3cn(C)c4ccccc34)n2)c(OC)cc1N(C)[C@H]1C[C@@H]2CN(C)C[C@@H]2C1. The lowest BCUT2D eigenvalue weighted by molar-refractivity contribution is -0.111. The van der Waals surface area contributed by atoms with E-state index in [0.29, 0.717) is 40.7 Å². The molecule has 0 unspecified atom stereocenters. The monoisotopic (exact) mass is 637 g/mol. The molecule has 4 aromatic rings. The van der Waals surface area contributed by atoms with E-state index < -0.39 is 5.97 Å². The van der Waals surface area contributed by atoms with E-state index in [2.05, 4.69) is 46.1 Å². The normalized spacial score (nSPS) is 19.1. The van der Waals surface area contributed by atoms with Gasteiger partial charge in [0.25, 0.3) is 0 Å². The lowest BCUT2D eigenvalue weighted by Crippen LogP contribution is -2.32. The van der Waals surface area contributed by atoms with Crippen LogP contribution in [-0.4, -0.2) is 77.8 Å². The number of carbonyl (C=O) groups excluding carboxylic acids is 2. The van der Waals surface area contributed by atoms with Crippen LogP contribution in [0.25, 0.3) is 22.2 Å². The maximum absolute atomic E-state index is 13.2. The molecule has 1 amide bonds. The Morgan fingerprint density at radius 2 is 1.83 bits per heavy atom. The second kappa shape index (κ2) is 13.1. The molecule has 1 saturated heterocycles. The molecule has 3 heterocycles. The van der Waals surface area contributed by atoms with E-state index >= 15 is 0 Å². The highest BCUT2D eigenvalue weighted by molar-refractivity contribution is 6.04. The average molecular weight is 638 g/mol. The quantitative estimate of drug-likeness (QED) is 0.163. The second-order valence-electron chi connectivity index (χ2n) is 12.9. The number of hydrogen-bond donors (Lipinski definition) is 2. The third-order valence-electron chi connectivity index (χ3n) is 9.35. The largest absolute Gasteiger partial charge is 0.494 e. The highest BCUT2D eigenvalue weighted by Gasteiger charge is 2.41. The Morgan fingerprint density at radius 3 is 2.51 bits per heavy atom. The Balaban J connectivity index is 1.39. The number of nitrogens with one attached hydrogen (secondary N) is 2. The van der Waals surface area contributed by atoms with Gasteiger partial charge in [-0.3, -0.25) is 4.79 Å². The first-order chi connectivity index (χ1) is 22.6. The van der Waals surface area contributed by atoms with Gasteiger partial charge in [0.1, 0.15) is 11.3 Å². The van der Waals surface area contributed by atoms with Crippen LogP contribution in [0, 0.1) is 11.8 Å². The van der Waals surface area contributed by atoms with Crippen LogP contribution in [0.3, 0.4) is 0 Å². The summed E-state index contributed by atoms with van der Waals surface area (Å²) in [5, 5.41) is 7.23. The fourth-order valence-electron chi connectivity index (χ4n) is 7.15. The van der Waals surface area contributed by atoms with E-state index in [4.69, 9.17) is 14.5 Å². The van der Waals surface area contributed by atoms with Gasteiger partial charge in [0.05, 0.1) is 36.0 Å². The molecule has 11 nitrogen and oxygen atoms in total. The number of nitrogens with zero attached hydrogens (tertiary/aromatic N) is 5. The number of aromatic nitrogens is 3. The van der Waals surface area contributed by atoms with Gasteiger partial charge in [-0.2, -0.15) is 0 Å². The molecule has 6 rings (SSSR count). The van der Waals surface area contributed by atoms with Crippen molar-refractivity contribution in [2.24, 2.45) is 18.9 Å². The van der Waals surface area contributed by atoms with E-state index in [1.165, 1.54) is 12.3 Å². The highest BCUT2D eigenvalue weighted by Crippen LogP contribution is 2.44. The van der Waals surface area contributed by atoms with Crippen molar-refractivity contribution in [2.75, 3.05) is 49.8 Å². The number of benzene rings is 2. The zero-order valence-electron chi connectivity index (χ0n) is 27.9. The number of fused-ring (bicyclic) bond motifs is 2. The summed E-state index contributed by atoms with van der Waals surface area (Å²) in [4.78, 5) is 39.9. The first kappa shape index (κ1) is 32.1. The summed E-state index contributed by atoms with van der Waals surface area (Å²) in [7, 11) is 7.83. The number of likely N-dealkylation sites (tertiary alicyclic amines) is 1. The molecule has 47 heavy (non-hydrogen) atoms. The number of carbonyl (C=O) groups is 2. The standard InChI is InChI=1S/C36H43N7O4/c1-8-33(44)38-28-15-29(32(46-7)16-31(28)43(6)24-13-22-18-41(4)19-23(22)14-24)39-36-37-17-26(35(45)47-21(2)3)34(40-36)27-20-42(5)30-12-10-9-11-25(27)30/h8-12,15-17,20-24H,1,13-14,18-19H2,2-7H3,(H,38,44)(H,37,39,40)/t22-,23+,24+. The molecule has 3 atom stereocenters. The van der Waals surface area contributed by atoms with Crippen molar-refractivity contribution in [2.45, 2.75) is 38.8 Å². The maximum Gasteiger partial charge on any atom is 0.342 e. The van der Waals surface area contributed by atoms with Crippen LogP contribution in [0.1, 0.15) is 37.0 Å². The van der Waals surface area contributed by atoms with E-state index in [1.54, 1.807) is 21.0 Å². The van der Waals surface area contributed by atoms with E-state index in [1.807, 2.05) is 54.2 Å². The van der Waals surface area contributed by atoms with Crippen LogP contribution in [-0.2, 0) is 16.6 Å². The fraction of sp³-hybridized carbons (Fsp3) is 0.389. The first-order valence-electron chi connectivity index (χ1n) is 16.0. The number of hydrogen-bond acceptors (Lipinski definition) is 9. The third-order valence-corrected chi connectivity index (χ3v) is 9.35. The molecule has 0 bridgehead atoms. The molecule has 2 aromatic carbocycles. The summed E-state index contributed by atoms with van der Waals surface area (Å²) >= 11 is 0. The van der Waals surface area contributed by atoms with Gasteiger partial charge in [-0.05, 0) is 63.8 Å². The second-order valence-corrected chi connectivity index (χ2v) is 12.9. The molecule has 2 N–H and O–H groups in total. The van der Waals surface area contributed by atoms with Gasteiger partial charge < -0.3 is 34.5 Å². The topological polar surface area (TPSA) is 114 Å². The van der Waals surface area contributed by atoms with Crippen LogP contribution in [0.15, 0.2) is 61.4 Å². The third kappa shape index (κ3) is 6.40. The number of para-hydroxylation sites is 1. The average Bonchev–Trinajstić information content (AvgIpc) is 3.71. The number of esters is 1. The molecule has 1 aliphatic carbocycles. The number of methoxy groups -OCH3 is 1. The fourth-order valence-corrected chi connectivity index (χ4v) is 7.15. The Labute approximate surface area is 275 Å². The minimum absolute atomic E-state index is 0.252. The molecule has 2 aromatic heterocycles. The summed E-state index contributed by atoms with van der Waals surface area (Å²) in [6.45, 7) is 9.50. The summed E-state index contributed by atoms with van der Waals surface area (Å²) in [6, 6.07) is 12.0. The molecule has 2 aliphatic rings. The molecular weight excluding hydrogens is 594 g/mol. The van der Waals surface area contributed by atoms with Crippen LogP contribution < -0.4 is 20.3 Å². The maximum atomic E-state index is 13.2. The van der Waals surface area contributed by atoms with Crippen molar-refractivity contribution in [1.82, 2.24) is 19.4 Å². The van der Waals surface area contributed by atoms with Crippen molar-refractivity contribution in [1.29, 1.82) is 0 Å². The predicted octanol–water partition coefficient (Wildman–Crippen LogP) is 5.85.